The number of unbranched alkanes of at least 4 members (excludes halogenated alkanes) is 2. The van der Waals surface area contributed by atoms with Gasteiger partial charge in [0.2, 0.25) is 11.0 Å². The summed E-state index contributed by atoms with van der Waals surface area (Å²) in [6.07, 6.45) is 9.99. The first-order valence-corrected chi connectivity index (χ1v) is 15.3. The van der Waals surface area contributed by atoms with E-state index in [9.17, 15) is 9.59 Å². The summed E-state index contributed by atoms with van der Waals surface area (Å²) >= 11 is 7.03. The molecule has 1 heterocycles. The minimum absolute atomic E-state index is 0.0942. The summed E-state index contributed by atoms with van der Waals surface area (Å²) in [5.41, 5.74) is 1.90. The fraction of sp³-hybridized carbons (Fsp3) is 0.621. The summed E-state index contributed by atoms with van der Waals surface area (Å²) in [4.78, 5) is 30.1. The van der Waals surface area contributed by atoms with Crippen LogP contribution in [0.15, 0.2) is 22.4 Å². The van der Waals surface area contributed by atoms with Crippen LogP contribution in [0.1, 0.15) is 95.7 Å². The van der Waals surface area contributed by atoms with Crippen molar-refractivity contribution in [2.45, 2.75) is 86.0 Å². The number of thiazole rings is 1. The molecule has 2 rings (SSSR count). The molecule has 2 aromatic rings. The largest absolute Gasteiger partial charge is 0.494 e. The number of aromatic nitrogens is 1. The van der Waals surface area contributed by atoms with E-state index in [0.717, 1.165) is 43.0 Å². The molecule has 0 bridgehead atoms. The van der Waals surface area contributed by atoms with Gasteiger partial charge >= 0.3 is 0 Å². The van der Waals surface area contributed by atoms with Crippen LogP contribution in [0.2, 0.25) is 5.15 Å². The number of hydrogen-bond acceptors (Lipinski definition) is 8. The second kappa shape index (κ2) is 17.2. The molecule has 1 amide bonds. The Labute approximate surface area is 242 Å². The Hall–Kier alpha value is -2.52. The minimum Gasteiger partial charge on any atom is -0.494 e. The van der Waals surface area contributed by atoms with E-state index in [-0.39, 0.29) is 16.2 Å². The van der Waals surface area contributed by atoms with Crippen LogP contribution in [0.3, 0.4) is 0 Å². The maximum Gasteiger partial charge on any atom is 0.232 e. The fourth-order valence-electron chi connectivity index (χ4n) is 4.58. The number of carbonyl (C=O) groups is 2. The average molecular weight is 578 g/mol. The van der Waals surface area contributed by atoms with Crippen molar-refractivity contribution in [1.29, 1.82) is 0 Å². The molecule has 0 aliphatic heterocycles. The number of azo groups is 1. The number of carbonyl (C=O) groups excluding carboxylic acids is 2. The van der Waals surface area contributed by atoms with Crippen molar-refractivity contribution in [2.24, 2.45) is 22.1 Å². The van der Waals surface area contributed by atoms with Crippen molar-refractivity contribution in [3.8, 4) is 5.75 Å². The number of benzene rings is 1. The molecule has 10 heteroatoms. The third-order valence-corrected chi connectivity index (χ3v) is 8.21. The summed E-state index contributed by atoms with van der Waals surface area (Å²) < 4.78 is 5.88. The zero-order chi connectivity index (χ0) is 28.8. The molecular weight excluding hydrogens is 534 g/mol. The number of nitrogens with one attached hydrogen (secondary N) is 1. The Morgan fingerprint density at radius 1 is 1.10 bits per heavy atom. The maximum absolute atomic E-state index is 12.2. The van der Waals surface area contributed by atoms with E-state index in [1.807, 2.05) is 6.07 Å². The van der Waals surface area contributed by atoms with Crippen molar-refractivity contribution in [1.82, 2.24) is 4.98 Å². The predicted octanol–water partition coefficient (Wildman–Crippen LogP) is 9.23. The molecule has 8 nitrogen and oxygen atoms in total. The Morgan fingerprint density at radius 2 is 1.72 bits per heavy atom. The summed E-state index contributed by atoms with van der Waals surface area (Å²) in [6, 6.07) is 3.74. The number of nitrogens with zero attached hydrogens (tertiary/aromatic N) is 4. The maximum atomic E-state index is 12.2. The van der Waals surface area contributed by atoms with Gasteiger partial charge in [0.1, 0.15) is 16.3 Å². The highest BCUT2D eigenvalue weighted by Gasteiger charge is 2.22. The van der Waals surface area contributed by atoms with E-state index in [1.54, 1.807) is 13.2 Å². The smallest absolute Gasteiger partial charge is 0.232 e. The predicted molar refractivity (Wildman–Crippen MR) is 163 cm³/mol. The van der Waals surface area contributed by atoms with Crippen molar-refractivity contribution >= 4 is 57.3 Å². The number of ether oxygens (including phenoxy) is 1. The molecule has 0 fully saturated rings. The lowest BCUT2D eigenvalue weighted by Crippen LogP contribution is -2.34. The SMILES string of the molecule is CCCCC(CC)CN(CC(CC)CCCC)c1cc(NC(C)=O)c(N=Nc2nc(Cl)c(C=O)s2)cc1OC. The normalized spacial score (nSPS) is 12.9. The van der Waals surface area contributed by atoms with Gasteiger partial charge in [-0.15, -0.1) is 10.2 Å². The molecule has 0 saturated carbocycles. The zero-order valence-electron chi connectivity index (χ0n) is 24.3. The van der Waals surface area contributed by atoms with Gasteiger partial charge < -0.3 is 15.0 Å². The number of aldehydes is 1. The summed E-state index contributed by atoms with van der Waals surface area (Å²) in [5, 5.41) is 11.8. The second-order valence-corrected chi connectivity index (χ2v) is 11.3. The molecule has 39 heavy (non-hydrogen) atoms. The highest BCUT2D eigenvalue weighted by Crippen LogP contribution is 2.41. The summed E-state index contributed by atoms with van der Waals surface area (Å²) in [7, 11) is 1.65. The molecule has 216 valence electrons. The number of methoxy groups -OCH3 is 1. The van der Waals surface area contributed by atoms with Gasteiger partial charge in [-0.2, -0.15) is 0 Å². The molecule has 2 atom stereocenters. The zero-order valence-corrected chi connectivity index (χ0v) is 25.8. The van der Waals surface area contributed by atoms with E-state index >= 15 is 0 Å². The van der Waals surface area contributed by atoms with Gasteiger partial charge in [-0.1, -0.05) is 89.2 Å². The van der Waals surface area contributed by atoms with Gasteiger partial charge in [0.05, 0.1) is 18.5 Å². The lowest BCUT2D eigenvalue weighted by atomic mass is 9.95. The van der Waals surface area contributed by atoms with Gasteiger partial charge in [0.15, 0.2) is 11.4 Å². The topological polar surface area (TPSA) is 96.3 Å². The molecular formula is C29H44ClN5O3S. The van der Waals surface area contributed by atoms with Crippen LogP contribution in [-0.2, 0) is 4.79 Å². The number of hydrogen-bond donors (Lipinski definition) is 1. The van der Waals surface area contributed by atoms with Crippen LogP contribution < -0.4 is 15.0 Å². The third-order valence-electron chi connectivity index (χ3n) is 6.94. The Kier molecular flexibility index (Phi) is 14.4. The monoisotopic (exact) mass is 577 g/mol. The number of anilines is 2. The number of halogens is 1. The standard InChI is InChI=1S/C29H44ClN5O3S/c1-7-11-13-21(9-3)17-35(18-22(10-4)14-12-8-2)25-15-23(31-20(5)37)24(16-26(25)38-6)33-34-29-32-28(30)27(19-36)39-29/h15-16,19,21-22H,7-14,17-18H2,1-6H3,(H,31,37). The highest BCUT2D eigenvalue weighted by molar-refractivity contribution is 7.17. The van der Waals surface area contributed by atoms with Crippen molar-refractivity contribution in [3.05, 3.63) is 22.2 Å². The lowest BCUT2D eigenvalue weighted by Gasteiger charge is -2.34. The van der Waals surface area contributed by atoms with Gasteiger partial charge in [-0.25, -0.2) is 4.98 Å². The van der Waals surface area contributed by atoms with E-state index < -0.39 is 0 Å². The van der Waals surface area contributed by atoms with Crippen molar-refractivity contribution < 1.29 is 14.3 Å². The van der Waals surface area contributed by atoms with Gasteiger partial charge in [-0.3, -0.25) is 9.59 Å². The van der Waals surface area contributed by atoms with Gasteiger partial charge in [0.25, 0.3) is 0 Å². The van der Waals surface area contributed by atoms with E-state index in [0.29, 0.717) is 40.1 Å². The summed E-state index contributed by atoms with van der Waals surface area (Å²) in [5.74, 6) is 1.57. The molecule has 0 spiro atoms. The molecule has 0 radical (unpaired) electrons. The highest BCUT2D eigenvalue weighted by atomic mass is 35.5. The van der Waals surface area contributed by atoms with Crippen LogP contribution in [0.4, 0.5) is 22.2 Å². The fourth-order valence-corrected chi connectivity index (χ4v) is 5.47. The first-order valence-electron chi connectivity index (χ1n) is 14.1. The van der Waals surface area contributed by atoms with Crippen LogP contribution in [-0.4, -0.2) is 37.4 Å². The molecule has 2 unspecified atom stereocenters. The van der Waals surface area contributed by atoms with Crippen LogP contribution >= 0.6 is 22.9 Å². The minimum atomic E-state index is -0.210. The van der Waals surface area contributed by atoms with Gasteiger partial charge in [-0.05, 0) is 30.7 Å². The van der Waals surface area contributed by atoms with E-state index in [2.05, 4.69) is 53.1 Å². The third kappa shape index (κ3) is 10.2. The molecule has 0 aliphatic rings. The number of amides is 1. The quantitative estimate of drug-likeness (QED) is 0.141. The number of rotatable bonds is 18. The van der Waals surface area contributed by atoms with E-state index in [4.69, 9.17) is 16.3 Å². The molecule has 1 aromatic heterocycles. The Balaban J connectivity index is 2.55. The average Bonchev–Trinajstić information content (AvgIpc) is 3.30. The van der Waals surface area contributed by atoms with Crippen LogP contribution in [0, 0.1) is 11.8 Å². The first-order chi connectivity index (χ1) is 18.8. The lowest BCUT2D eigenvalue weighted by molar-refractivity contribution is -0.114. The molecule has 0 aliphatic carbocycles. The van der Waals surface area contributed by atoms with E-state index in [1.165, 1.54) is 45.4 Å². The van der Waals surface area contributed by atoms with Crippen molar-refractivity contribution in [2.75, 3.05) is 30.4 Å². The first kappa shape index (κ1) is 32.7. The second-order valence-electron chi connectivity index (χ2n) is 9.93. The molecule has 1 aromatic carbocycles. The van der Waals surface area contributed by atoms with Crippen LogP contribution in [0.5, 0.6) is 5.75 Å². The Morgan fingerprint density at radius 3 is 2.18 bits per heavy atom. The van der Waals surface area contributed by atoms with Crippen LogP contribution in [0.25, 0.3) is 0 Å². The molecule has 1 N–H and O–H groups in total. The summed E-state index contributed by atoms with van der Waals surface area (Å²) in [6.45, 7) is 12.3. The Bertz CT molecular complexity index is 1070. The van der Waals surface area contributed by atoms with Gasteiger partial charge in [0, 0.05) is 26.1 Å². The molecule has 0 saturated heterocycles. The van der Waals surface area contributed by atoms with Crippen molar-refractivity contribution in [3.63, 3.8) is 0 Å².